The Labute approximate surface area is 175 Å². The minimum atomic E-state index is -1.50. The molecule has 1 amide bonds. The molecule has 0 aliphatic carbocycles. The van der Waals surface area contributed by atoms with Gasteiger partial charge in [-0.2, -0.15) is 0 Å². The van der Waals surface area contributed by atoms with E-state index < -0.39 is 10.2 Å². The summed E-state index contributed by atoms with van der Waals surface area (Å²) >= 11 is 0. The molecule has 0 spiro atoms. The van der Waals surface area contributed by atoms with Crippen molar-refractivity contribution in [2.24, 2.45) is 0 Å². The number of hydrogen-bond donors (Lipinski definition) is 3. The second-order valence-corrected chi connectivity index (χ2v) is 6.78. The fraction of sp³-hybridized carbons (Fsp3) is 0.611. The van der Waals surface area contributed by atoms with Crippen LogP contribution in [0.25, 0.3) is 0 Å². The van der Waals surface area contributed by atoms with E-state index in [2.05, 4.69) is 61.9 Å². The van der Waals surface area contributed by atoms with Crippen LogP contribution in [0.4, 0.5) is 5.69 Å². The van der Waals surface area contributed by atoms with Gasteiger partial charge in [-0.25, -0.2) is 0 Å². The van der Waals surface area contributed by atoms with E-state index in [1.165, 1.54) is 5.56 Å². The zero-order valence-corrected chi connectivity index (χ0v) is 18.0. The van der Waals surface area contributed by atoms with Crippen molar-refractivity contribution in [1.82, 2.24) is 9.80 Å². The summed E-state index contributed by atoms with van der Waals surface area (Å²) in [6.07, 6.45) is 0. The lowest BCUT2D eigenvalue weighted by molar-refractivity contribution is -0.742. The highest BCUT2D eigenvalue weighted by Gasteiger charge is 2.31. The van der Waals surface area contributed by atoms with Gasteiger partial charge in [0.05, 0.1) is 0 Å². The van der Waals surface area contributed by atoms with Gasteiger partial charge >= 0.3 is 0 Å². The minimum absolute atomic E-state index is 0.0567. The van der Waals surface area contributed by atoms with Gasteiger partial charge in [0.25, 0.3) is 10.2 Å². The number of aryl methyl sites for hydroxylation is 3. The fourth-order valence-electron chi connectivity index (χ4n) is 3.38. The van der Waals surface area contributed by atoms with E-state index in [0.29, 0.717) is 0 Å². The summed E-state index contributed by atoms with van der Waals surface area (Å²) in [5, 5.41) is 30.5. The van der Waals surface area contributed by atoms with Crippen molar-refractivity contribution in [2.45, 2.75) is 40.7 Å². The quantitative estimate of drug-likeness (QED) is 0.479. The average molecular weight is 429 g/mol. The van der Waals surface area contributed by atoms with Gasteiger partial charge in [0.2, 0.25) is 5.91 Å². The number of carbonyl (C=O) groups excluding carboxylic acids is 1. The average Bonchev–Trinajstić information content (AvgIpc) is 2.63. The molecule has 30 heavy (non-hydrogen) atoms. The van der Waals surface area contributed by atoms with Gasteiger partial charge in [-0.05, 0) is 45.0 Å². The van der Waals surface area contributed by atoms with Crippen LogP contribution in [-0.4, -0.2) is 75.1 Å². The first-order chi connectivity index (χ1) is 13.9. The molecule has 1 saturated heterocycles. The van der Waals surface area contributed by atoms with Gasteiger partial charge in [0.1, 0.15) is 6.04 Å². The van der Waals surface area contributed by atoms with Crippen LogP contribution in [0, 0.1) is 41.0 Å². The maximum Gasteiger partial charge on any atom is 0.291 e. The minimum Gasteiger partial charge on any atom is -0.328 e. The van der Waals surface area contributed by atoms with Crippen LogP contribution < -0.4 is 5.32 Å². The number of hydrogen-bond acceptors (Lipinski definition) is 7. The Hall–Kier alpha value is -2.99. The summed E-state index contributed by atoms with van der Waals surface area (Å²) in [5.74, 6) is 0.120. The molecule has 1 aliphatic heterocycles. The van der Waals surface area contributed by atoms with Crippen LogP contribution in [0.5, 0.6) is 0 Å². The topological polar surface area (TPSA) is 162 Å². The molecule has 12 heteroatoms. The van der Waals surface area contributed by atoms with Crippen molar-refractivity contribution in [3.05, 3.63) is 49.1 Å². The van der Waals surface area contributed by atoms with Crippen molar-refractivity contribution < 1.29 is 25.4 Å². The van der Waals surface area contributed by atoms with Gasteiger partial charge in [-0.1, -0.05) is 31.5 Å². The molecule has 1 fully saturated rings. The predicted molar refractivity (Wildman–Crippen MR) is 110 cm³/mol. The first-order valence-corrected chi connectivity index (χ1v) is 9.44. The maximum atomic E-state index is 12.8. The molecule has 3 N–H and O–H groups in total. The standard InChI is InChI=1S/C18H29N3O.2HNO3/c1-6-20-8-9-21(7-2)16(12-20)18(22)19-17-14(4)10-13(3)11-15(17)5;2*2-1(3)4/h10-11,16H,6-9,12H2,1-5H3,(H,19,22);2*(H,2,3,4). The highest BCUT2D eigenvalue weighted by atomic mass is 16.9. The molecule has 1 atom stereocenters. The smallest absolute Gasteiger partial charge is 0.291 e. The Balaban J connectivity index is 0.000000901. The number of likely N-dealkylation sites (N-methyl/N-ethyl adjacent to an activating group) is 2. The Morgan fingerprint density at radius 1 is 1.07 bits per heavy atom. The zero-order chi connectivity index (χ0) is 23.4. The zero-order valence-electron chi connectivity index (χ0n) is 18.0. The van der Waals surface area contributed by atoms with Gasteiger partial charge in [-0.3, -0.25) is 9.69 Å². The monoisotopic (exact) mass is 429 g/mol. The normalized spacial score (nSPS) is 16.4. The molecule has 1 aliphatic rings. The molecule has 0 aromatic heterocycles. The van der Waals surface area contributed by atoms with Crippen LogP contribution in [0.3, 0.4) is 0 Å². The molecule has 1 unspecified atom stereocenters. The van der Waals surface area contributed by atoms with Crippen molar-refractivity contribution in [2.75, 3.05) is 38.0 Å². The molecular formula is C18H31N5O7. The van der Waals surface area contributed by atoms with E-state index in [-0.39, 0.29) is 11.9 Å². The Kier molecular flexibility index (Phi) is 12.0. The summed E-state index contributed by atoms with van der Waals surface area (Å²) in [5.41, 5.74) is 4.48. The largest absolute Gasteiger partial charge is 0.328 e. The van der Waals surface area contributed by atoms with E-state index in [9.17, 15) is 4.79 Å². The number of amides is 1. The number of benzene rings is 1. The fourth-order valence-corrected chi connectivity index (χ4v) is 3.38. The Bertz CT molecular complexity index is 686. The third-order valence-corrected chi connectivity index (χ3v) is 4.66. The first-order valence-electron chi connectivity index (χ1n) is 9.44. The third kappa shape index (κ3) is 9.98. The van der Waals surface area contributed by atoms with E-state index in [0.717, 1.165) is 49.5 Å². The lowest BCUT2D eigenvalue weighted by atomic mass is 10.0. The lowest BCUT2D eigenvalue weighted by Gasteiger charge is -2.39. The van der Waals surface area contributed by atoms with Crippen LogP contribution >= 0.6 is 0 Å². The lowest BCUT2D eigenvalue weighted by Crippen LogP contribution is -2.57. The summed E-state index contributed by atoms with van der Waals surface area (Å²) in [7, 11) is 0. The second-order valence-electron chi connectivity index (χ2n) is 6.78. The highest BCUT2D eigenvalue weighted by Crippen LogP contribution is 2.23. The molecule has 1 heterocycles. The predicted octanol–water partition coefficient (Wildman–Crippen LogP) is 1.88. The molecule has 170 valence electrons. The van der Waals surface area contributed by atoms with E-state index in [4.69, 9.17) is 30.6 Å². The van der Waals surface area contributed by atoms with Gasteiger partial charge in [-0.15, -0.1) is 20.2 Å². The molecule has 0 radical (unpaired) electrons. The molecule has 0 saturated carbocycles. The summed E-state index contributed by atoms with van der Waals surface area (Å²) < 4.78 is 0. The van der Waals surface area contributed by atoms with Crippen LogP contribution in [0.2, 0.25) is 0 Å². The Morgan fingerprint density at radius 3 is 1.93 bits per heavy atom. The number of nitrogens with zero attached hydrogens (tertiary/aromatic N) is 4. The van der Waals surface area contributed by atoms with Gasteiger partial charge in [0, 0.05) is 25.3 Å². The Morgan fingerprint density at radius 2 is 1.53 bits per heavy atom. The molecule has 1 aromatic rings. The number of nitrogens with one attached hydrogen (secondary N) is 1. The molecular weight excluding hydrogens is 398 g/mol. The number of rotatable bonds is 4. The number of carbonyl (C=O) groups is 1. The van der Waals surface area contributed by atoms with Crippen LogP contribution in [0.1, 0.15) is 30.5 Å². The third-order valence-electron chi connectivity index (χ3n) is 4.66. The molecule has 12 nitrogen and oxygen atoms in total. The second kappa shape index (κ2) is 13.3. The van der Waals surface area contributed by atoms with Crippen LogP contribution in [-0.2, 0) is 4.79 Å². The number of piperazine rings is 1. The van der Waals surface area contributed by atoms with Crippen molar-refractivity contribution >= 4 is 11.6 Å². The highest BCUT2D eigenvalue weighted by molar-refractivity contribution is 5.96. The molecule has 2 rings (SSSR count). The number of anilines is 1. The SMILES string of the molecule is CCN1CCN(CC)C(C(=O)Nc2c(C)cc(C)cc2C)C1.O=[N+]([O-])O.O=[N+]([O-])O. The molecule has 1 aromatic carbocycles. The summed E-state index contributed by atoms with van der Waals surface area (Å²) in [6.45, 7) is 15.3. The van der Waals surface area contributed by atoms with E-state index >= 15 is 0 Å². The summed E-state index contributed by atoms with van der Waals surface area (Å²) in [6, 6.07) is 4.19. The van der Waals surface area contributed by atoms with Gasteiger partial charge < -0.3 is 20.6 Å². The van der Waals surface area contributed by atoms with Crippen molar-refractivity contribution in [1.29, 1.82) is 0 Å². The molecule has 0 bridgehead atoms. The van der Waals surface area contributed by atoms with Crippen molar-refractivity contribution in [3.63, 3.8) is 0 Å². The van der Waals surface area contributed by atoms with Gasteiger partial charge in [0.15, 0.2) is 0 Å². The van der Waals surface area contributed by atoms with Crippen molar-refractivity contribution in [3.8, 4) is 0 Å². The van der Waals surface area contributed by atoms with E-state index in [1.807, 2.05) is 0 Å². The first kappa shape index (κ1) is 27.0. The van der Waals surface area contributed by atoms with E-state index in [1.54, 1.807) is 0 Å². The maximum absolute atomic E-state index is 12.8. The summed E-state index contributed by atoms with van der Waals surface area (Å²) in [4.78, 5) is 34.2. The van der Waals surface area contributed by atoms with Crippen LogP contribution in [0.15, 0.2) is 12.1 Å².